The van der Waals surface area contributed by atoms with Gasteiger partial charge in [0.1, 0.15) is 12.2 Å². The van der Waals surface area contributed by atoms with Crippen molar-refractivity contribution >= 4 is 11.9 Å². The molecule has 0 aromatic carbocycles. The lowest BCUT2D eigenvalue weighted by molar-refractivity contribution is -0.278. The van der Waals surface area contributed by atoms with Gasteiger partial charge in [0.2, 0.25) is 0 Å². The van der Waals surface area contributed by atoms with Crippen molar-refractivity contribution in [2.24, 2.45) is 10.2 Å². The predicted molar refractivity (Wildman–Crippen MR) is 164 cm³/mol. The molecule has 2 aliphatic heterocycles. The molecule has 44 heavy (non-hydrogen) atoms. The fourth-order valence-electron chi connectivity index (χ4n) is 7.16. The molecule has 12 nitrogen and oxygen atoms in total. The Hall–Kier alpha value is -2.64. The largest absolute Gasteiger partial charge is 0.462 e. The number of esters is 2. The zero-order valence-corrected chi connectivity index (χ0v) is 28.9. The molecule has 12 heteroatoms. The van der Waals surface area contributed by atoms with E-state index in [-0.39, 0.29) is 60.0 Å². The molecule has 0 aliphatic carbocycles. The molecule has 2 heterocycles. The van der Waals surface area contributed by atoms with Crippen LogP contribution >= 0.6 is 0 Å². The number of nitrogens with zero attached hydrogens (tertiary/aromatic N) is 6. The number of piperidine rings is 2. The van der Waals surface area contributed by atoms with Gasteiger partial charge in [-0.1, -0.05) is 0 Å². The van der Waals surface area contributed by atoms with Crippen LogP contribution in [0.4, 0.5) is 0 Å². The van der Waals surface area contributed by atoms with E-state index in [2.05, 4.69) is 22.4 Å². The Morgan fingerprint density at radius 3 is 1.18 bits per heavy atom. The second-order valence-electron chi connectivity index (χ2n) is 15.2. The van der Waals surface area contributed by atoms with E-state index in [1.807, 2.05) is 65.5 Å². The summed E-state index contributed by atoms with van der Waals surface area (Å²) in [6.45, 7) is 19.5. The number of hydrogen-bond donors (Lipinski definition) is 0. The summed E-state index contributed by atoms with van der Waals surface area (Å²) < 4.78 is 11.6. The first-order valence-electron chi connectivity index (χ1n) is 15.4. The molecule has 2 rings (SSSR count). The summed E-state index contributed by atoms with van der Waals surface area (Å²) in [5.41, 5.74) is -4.02. The summed E-state index contributed by atoms with van der Waals surface area (Å²) in [5, 5.41) is 32.0. The second-order valence-corrected chi connectivity index (χ2v) is 15.2. The van der Waals surface area contributed by atoms with Gasteiger partial charge in [0.05, 0.1) is 26.4 Å². The predicted octanol–water partition coefficient (Wildman–Crippen LogP) is 5.82. The van der Waals surface area contributed by atoms with Crippen LogP contribution in [0.3, 0.4) is 0 Å². The van der Waals surface area contributed by atoms with Crippen molar-refractivity contribution in [2.45, 2.75) is 166 Å². The first-order valence-corrected chi connectivity index (χ1v) is 15.4. The number of rotatable bonds is 12. The average Bonchev–Trinajstić information content (AvgIpc) is 2.87. The maximum Gasteiger partial charge on any atom is 0.306 e. The molecule has 248 valence electrons. The van der Waals surface area contributed by atoms with Gasteiger partial charge in [0.25, 0.3) is 0 Å². The molecule has 0 N–H and O–H groups in total. The molecule has 0 spiro atoms. The van der Waals surface area contributed by atoms with E-state index in [1.54, 1.807) is 28.1 Å². The van der Waals surface area contributed by atoms with Crippen molar-refractivity contribution in [2.75, 3.05) is 14.2 Å². The van der Waals surface area contributed by atoms with Crippen molar-refractivity contribution in [3.8, 4) is 12.1 Å². The third kappa shape index (κ3) is 9.43. The molecule has 0 amide bonds. The molecule has 0 bridgehead atoms. The average molecular weight is 619 g/mol. The van der Waals surface area contributed by atoms with Crippen molar-refractivity contribution in [3.63, 3.8) is 0 Å². The Kier molecular flexibility index (Phi) is 11.8. The number of nitriles is 2. The van der Waals surface area contributed by atoms with Gasteiger partial charge in [0.15, 0.2) is 11.1 Å². The van der Waals surface area contributed by atoms with E-state index in [0.29, 0.717) is 25.7 Å². The van der Waals surface area contributed by atoms with Gasteiger partial charge < -0.3 is 19.1 Å². The molecule has 0 radical (unpaired) electrons. The molecule has 2 unspecified atom stereocenters. The number of hydrogen-bond acceptors (Lipinski definition) is 12. The van der Waals surface area contributed by atoms with Crippen LogP contribution < -0.4 is 0 Å². The van der Waals surface area contributed by atoms with E-state index >= 15 is 0 Å². The Morgan fingerprint density at radius 1 is 0.682 bits per heavy atom. The Labute approximate surface area is 263 Å². The van der Waals surface area contributed by atoms with Gasteiger partial charge in [-0.15, -0.1) is 0 Å². The van der Waals surface area contributed by atoms with E-state index < -0.39 is 23.0 Å². The highest BCUT2D eigenvalue weighted by Gasteiger charge is 2.48. The summed E-state index contributed by atoms with van der Waals surface area (Å²) in [7, 11) is 3.29. The second kappa shape index (κ2) is 13.8. The lowest BCUT2D eigenvalue weighted by Gasteiger charge is -2.52. The molecule has 2 aliphatic rings. The van der Waals surface area contributed by atoms with Gasteiger partial charge in [0, 0.05) is 60.7 Å². The normalized spacial score (nSPS) is 24.9. The standard InChI is InChI=1S/C32H54N6O6/c1-27(2)17-23(18-28(3,4)37(27)41-11)43-25(39)13-15-31(9,21-33)35-36-32(10,22-34)16-14-26(40)44-24-19-29(5,6)38(42-12)30(7,8)20-24/h23-24H,13-20H2,1-12H3. The molecule has 0 aromatic heterocycles. The van der Waals surface area contributed by atoms with E-state index in [1.165, 1.54) is 0 Å². The minimum atomic E-state index is -1.35. The third-order valence-electron chi connectivity index (χ3n) is 8.67. The van der Waals surface area contributed by atoms with E-state index in [4.69, 9.17) is 19.1 Å². The fourth-order valence-corrected chi connectivity index (χ4v) is 7.16. The van der Waals surface area contributed by atoms with Crippen LogP contribution in [-0.2, 0) is 28.7 Å². The summed E-state index contributed by atoms with van der Waals surface area (Å²) in [6, 6.07) is 4.22. The van der Waals surface area contributed by atoms with Gasteiger partial charge in [-0.05, 0) is 82.1 Å². The van der Waals surface area contributed by atoms with Gasteiger partial charge in [-0.3, -0.25) is 9.59 Å². The monoisotopic (exact) mass is 618 g/mol. The number of carbonyl (C=O) groups is 2. The zero-order chi connectivity index (χ0) is 33.8. The highest BCUT2D eigenvalue weighted by molar-refractivity contribution is 5.70. The molecular formula is C32H54N6O6. The number of azo groups is 1. The quantitative estimate of drug-likeness (QED) is 0.193. The maximum atomic E-state index is 12.8. The summed E-state index contributed by atoms with van der Waals surface area (Å²) in [5.74, 6) is -0.838. The summed E-state index contributed by atoms with van der Waals surface area (Å²) in [4.78, 5) is 36.8. The third-order valence-corrected chi connectivity index (χ3v) is 8.67. The smallest absolute Gasteiger partial charge is 0.306 e. The Bertz CT molecular complexity index is 1030. The lowest BCUT2D eigenvalue weighted by Crippen LogP contribution is -2.61. The first kappa shape index (κ1) is 37.5. The number of hydroxylamine groups is 4. The van der Waals surface area contributed by atoms with Crippen LogP contribution in [0, 0.1) is 22.7 Å². The van der Waals surface area contributed by atoms with Crippen LogP contribution in [-0.4, -0.2) is 81.7 Å². The highest BCUT2D eigenvalue weighted by atomic mass is 16.7. The SMILES string of the molecule is CON1C(C)(C)CC(OC(=O)CCC(C)(C#N)N=NC(C)(C#N)CCC(=O)OC2CC(C)(C)N(OC)C(C)(C)C2)CC1(C)C. The summed E-state index contributed by atoms with van der Waals surface area (Å²) in [6.07, 6.45) is 1.94. The van der Waals surface area contributed by atoms with Crippen molar-refractivity contribution in [1.29, 1.82) is 10.5 Å². The van der Waals surface area contributed by atoms with Crippen LogP contribution in [0.25, 0.3) is 0 Å². The molecule has 0 aromatic rings. The molecule has 2 saturated heterocycles. The van der Waals surface area contributed by atoms with Crippen LogP contribution in [0.5, 0.6) is 0 Å². The molecule has 2 fully saturated rings. The minimum absolute atomic E-state index is 0.0292. The zero-order valence-electron chi connectivity index (χ0n) is 28.9. The van der Waals surface area contributed by atoms with E-state index in [0.717, 1.165) is 0 Å². The highest BCUT2D eigenvalue weighted by Crippen LogP contribution is 2.41. The topological polar surface area (TPSA) is 150 Å². The van der Waals surface area contributed by atoms with Crippen molar-refractivity contribution in [1.82, 2.24) is 10.1 Å². The first-order chi connectivity index (χ1) is 20.1. The van der Waals surface area contributed by atoms with Crippen LogP contribution in [0.2, 0.25) is 0 Å². The minimum Gasteiger partial charge on any atom is -0.462 e. The van der Waals surface area contributed by atoms with Gasteiger partial charge in [-0.25, -0.2) is 0 Å². The summed E-state index contributed by atoms with van der Waals surface area (Å²) >= 11 is 0. The lowest BCUT2D eigenvalue weighted by atomic mass is 9.80. The van der Waals surface area contributed by atoms with Crippen LogP contribution in [0.1, 0.15) is 121 Å². The van der Waals surface area contributed by atoms with Crippen molar-refractivity contribution in [3.05, 3.63) is 0 Å². The van der Waals surface area contributed by atoms with E-state index in [9.17, 15) is 20.1 Å². The van der Waals surface area contributed by atoms with Crippen molar-refractivity contribution < 1.29 is 28.7 Å². The van der Waals surface area contributed by atoms with Gasteiger partial charge >= 0.3 is 11.9 Å². The Morgan fingerprint density at radius 2 is 0.955 bits per heavy atom. The number of carbonyl (C=O) groups excluding carboxylic acids is 2. The maximum absolute atomic E-state index is 12.8. The van der Waals surface area contributed by atoms with Gasteiger partial charge in [-0.2, -0.15) is 30.9 Å². The fraction of sp³-hybridized carbons (Fsp3) is 0.875. The van der Waals surface area contributed by atoms with Crippen LogP contribution in [0.15, 0.2) is 10.2 Å². The molecule has 0 saturated carbocycles. The molecular weight excluding hydrogens is 564 g/mol. The Balaban J connectivity index is 1.95. The molecule has 2 atom stereocenters. The number of ether oxygens (including phenoxy) is 2.